The first kappa shape index (κ1) is 14.0. The van der Waals surface area contributed by atoms with E-state index in [4.69, 9.17) is 4.74 Å². The molecular weight excluding hydrogens is 256 g/mol. The van der Waals surface area contributed by atoms with Gasteiger partial charge in [-0.3, -0.25) is 14.5 Å². The van der Waals surface area contributed by atoms with Crippen molar-refractivity contribution < 1.29 is 18.8 Å². The summed E-state index contributed by atoms with van der Waals surface area (Å²) in [5.41, 5.74) is -1.31. The molecule has 4 atom stereocenters. The molecule has 3 heterocycles. The zero-order valence-corrected chi connectivity index (χ0v) is 13.1. The topological polar surface area (TPSA) is 46.6 Å². The lowest BCUT2D eigenvalue weighted by atomic mass is 9.59. The molecule has 2 amide bonds. The normalized spacial score (nSPS) is 43.5. The second kappa shape index (κ2) is 3.83. The molecule has 112 valence electrons. The number of hydrogen-bond donors (Lipinski definition) is 0. The number of imide groups is 1. The molecule has 0 spiro atoms. The Morgan fingerprint density at radius 3 is 1.95 bits per heavy atom. The van der Waals surface area contributed by atoms with E-state index in [1.54, 1.807) is 0 Å². The van der Waals surface area contributed by atoms with E-state index < -0.39 is 10.8 Å². The van der Waals surface area contributed by atoms with E-state index in [9.17, 15) is 9.59 Å². The molecule has 0 unspecified atom stereocenters. The lowest BCUT2D eigenvalue weighted by Crippen LogP contribution is -2.48. The van der Waals surface area contributed by atoms with Gasteiger partial charge in [-0.05, 0) is 26.7 Å². The SMILES string of the molecule is C[C@@]12C(=O)N(CC[N+](C)(C)C)C(=O)[C@]1(C)[C@@H]1CC[C@@H]2O1. The monoisotopic (exact) mass is 281 g/mol. The van der Waals surface area contributed by atoms with Gasteiger partial charge in [-0.1, -0.05) is 0 Å². The van der Waals surface area contributed by atoms with Crippen LogP contribution in [0.15, 0.2) is 0 Å². The highest BCUT2D eigenvalue weighted by atomic mass is 16.5. The van der Waals surface area contributed by atoms with Crippen LogP contribution in [0.2, 0.25) is 0 Å². The van der Waals surface area contributed by atoms with Crippen molar-refractivity contribution in [1.82, 2.24) is 4.90 Å². The number of nitrogens with zero attached hydrogens (tertiary/aromatic N) is 2. The summed E-state index contributed by atoms with van der Waals surface area (Å²) in [6.07, 6.45) is 1.64. The molecule has 3 aliphatic rings. The van der Waals surface area contributed by atoms with Gasteiger partial charge in [0.15, 0.2) is 0 Å². The second-order valence-corrected chi connectivity index (χ2v) is 7.87. The molecule has 0 aromatic carbocycles. The number of hydrogen-bond acceptors (Lipinski definition) is 3. The molecule has 3 saturated heterocycles. The first-order valence-electron chi connectivity index (χ1n) is 7.44. The number of carbonyl (C=O) groups is 2. The van der Waals surface area contributed by atoms with Gasteiger partial charge in [0.1, 0.15) is 0 Å². The van der Waals surface area contributed by atoms with Crippen LogP contribution in [0, 0.1) is 10.8 Å². The van der Waals surface area contributed by atoms with Gasteiger partial charge < -0.3 is 9.22 Å². The molecular formula is C15H25N2O3+. The minimum Gasteiger partial charge on any atom is -0.373 e. The van der Waals surface area contributed by atoms with E-state index in [2.05, 4.69) is 21.1 Å². The van der Waals surface area contributed by atoms with Crippen LogP contribution in [0.3, 0.4) is 0 Å². The van der Waals surface area contributed by atoms with Gasteiger partial charge in [0, 0.05) is 0 Å². The Balaban J connectivity index is 1.91. The van der Waals surface area contributed by atoms with Gasteiger partial charge in [-0.2, -0.15) is 0 Å². The third kappa shape index (κ3) is 1.45. The van der Waals surface area contributed by atoms with Gasteiger partial charge in [0.2, 0.25) is 11.8 Å². The van der Waals surface area contributed by atoms with Crippen molar-refractivity contribution in [2.75, 3.05) is 34.2 Å². The van der Waals surface area contributed by atoms with Gasteiger partial charge in [0.05, 0.1) is 57.3 Å². The van der Waals surface area contributed by atoms with Crippen LogP contribution in [-0.4, -0.2) is 67.6 Å². The van der Waals surface area contributed by atoms with Crippen molar-refractivity contribution in [2.45, 2.75) is 38.9 Å². The average Bonchev–Trinajstić information content (AvgIpc) is 2.94. The number of amides is 2. The Bertz CT molecular complexity index is 450. The van der Waals surface area contributed by atoms with Gasteiger partial charge in [-0.15, -0.1) is 0 Å². The molecule has 3 aliphatic heterocycles. The van der Waals surface area contributed by atoms with Crippen LogP contribution in [-0.2, 0) is 14.3 Å². The van der Waals surface area contributed by atoms with E-state index in [0.29, 0.717) is 6.54 Å². The van der Waals surface area contributed by atoms with Crippen LogP contribution >= 0.6 is 0 Å². The summed E-state index contributed by atoms with van der Waals surface area (Å²) in [5, 5.41) is 0. The Hall–Kier alpha value is -0.940. The summed E-state index contributed by atoms with van der Waals surface area (Å²) in [5.74, 6) is -0.0451. The number of carbonyl (C=O) groups excluding carboxylic acids is 2. The Morgan fingerprint density at radius 1 is 1.10 bits per heavy atom. The van der Waals surface area contributed by atoms with Crippen LogP contribution in [0.1, 0.15) is 26.7 Å². The minimum absolute atomic E-state index is 0.0225. The first-order valence-corrected chi connectivity index (χ1v) is 7.44. The predicted octanol–water partition coefficient (Wildman–Crippen LogP) is 0.635. The largest absolute Gasteiger partial charge is 0.373 e. The standard InChI is InChI=1S/C15H25N2O3/c1-14-10-6-7-11(20-10)15(14,2)13(19)16(12(14)18)8-9-17(3,4)5/h10-11H,6-9H2,1-5H3/q+1/t10-,11-,14-,15+/m0/s1. The van der Waals surface area contributed by atoms with E-state index in [-0.39, 0.29) is 24.0 Å². The zero-order chi connectivity index (χ0) is 14.9. The van der Waals surface area contributed by atoms with Crippen molar-refractivity contribution >= 4 is 11.8 Å². The summed E-state index contributed by atoms with van der Waals surface area (Å²) in [4.78, 5) is 27.2. The fourth-order valence-electron chi connectivity index (χ4n) is 4.13. The number of likely N-dealkylation sites (tertiary alicyclic amines) is 1. The Labute approximate surface area is 120 Å². The molecule has 0 aromatic rings. The fourth-order valence-corrected chi connectivity index (χ4v) is 4.13. The predicted molar refractivity (Wildman–Crippen MR) is 73.7 cm³/mol. The van der Waals surface area contributed by atoms with Crippen molar-refractivity contribution in [3.05, 3.63) is 0 Å². The average molecular weight is 281 g/mol. The fraction of sp³-hybridized carbons (Fsp3) is 0.867. The van der Waals surface area contributed by atoms with Crippen molar-refractivity contribution in [3.63, 3.8) is 0 Å². The van der Waals surface area contributed by atoms with E-state index in [1.165, 1.54) is 4.90 Å². The smallest absolute Gasteiger partial charge is 0.239 e. The highest BCUT2D eigenvalue weighted by Crippen LogP contribution is 2.64. The van der Waals surface area contributed by atoms with Crippen molar-refractivity contribution in [2.24, 2.45) is 10.8 Å². The summed E-state index contributed by atoms with van der Waals surface area (Å²) in [7, 11) is 6.21. The highest BCUT2D eigenvalue weighted by Gasteiger charge is 2.76. The minimum atomic E-state index is -0.655. The van der Waals surface area contributed by atoms with Crippen molar-refractivity contribution in [3.8, 4) is 0 Å². The molecule has 3 fully saturated rings. The van der Waals surface area contributed by atoms with E-state index in [1.807, 2.05) is 13.8 Å². The number of likely N-dealkylation sites (N-methyl/N-ethyl adjacent to an activating group) is 1. The highest BCUT2D eigenvalue weighted by molar-refractivity contribution is 6.10. The van der Waals surface area contributed by atoms with Gasteiger partial charge in [-0.25, -0.2) is 0 Å². The zero-order valence-electron chi connectivity index (χ0n) is 13.1. The molecule has 5 nitrogen and oxygen atoms in total. The molecule has 0 radical (unpaired) electrons. The molecule has 3 rings (SSSR count). The second-order valence-electron chi connectivity index (χ2n) is 7.87. The summed E-state index contributed by atoms with van der Waals surface area (Å²) in [6.45, 7) is 5.15. The Morgan fingerprint density at radius 2 is 1.55 bits per heavy atom. The number of fused-ring (bicyclic) bond motifs is 5. The van der Waals surface area contributed by atoms with E-state index in [0.717, 1.165) is 23.9 Å². The molecule has 5 heteroatoms. The van der Waals surface area contributed by atoms with Crippen molar-refractivity contribution in [1.29, 1.82) is 0 Å². The van der Waals surface area contributed by atoms with Crippen LogP contribution < -0.4 is 0 Å². The van der Waals surface area contributed by atoms with Crippen LogP contribution in [0.4, 0.5) is 0 Å². The first-order chi connectivity index (χ1) is 9.12. The van der Waals surface area contributed by atoms with Gasteiger partial charge >= 0.3 is 0 Å². The summed E-state index contributed by atoms with van der Waals surface area (Å²) in [6, 6.07) is 0. The lowest BCUT2D eigenvalue weighted by Gasteiger charge is -2.36. The maximum Gasteiger partial charge on any atom is 0.239 e. The number of rotatable bonds is 3. The summed E-state index contributed by atoms with van der Waals surface area (Å²) < 4.78 is 6.65. The third-order valence-electron chi connectivity index (χ3n) is 5.76. The summed E-state index contributed by atoms with van der Waals surface area (Å²) >= 11 is 0. The molecule has 0 saturated carbocycles. The van der Waals surface area contributed by atoms with Crippen LogP contribution in [0.5, 0.6) is 0 Å². The third-order valence-corrected chi connectivity index (χ3v) is 5.76. The number of quaternary nitrogens is 1. The molecule has 20 heavy (non-hydrogen) atoms. The maximum absolute atomic E-state index is 12.8. The molecule has 0 aromatic heterocycles. The Kier molecular flexibility index (Phi) is 2.68. The van der Waals surface area contributed by atoms with E-state index >= 15 is 0 Å². The maximum atomic E-state index is 12.8. The molecule has 2 bridgehead atoms. The molecule has 0 N–H and O–H groups in total. The molecule has 0 aliphatic carbocycles. The van der Waals surface area contributed by atoms with Gasteiger partial charge in [0.25, 0.3) is 0 Å². The number of ether oxygens (including phenoxy) is 1. The lowest BCUT2D eigenvalue weighted by molar-refractivity contribution is -0.869. The quantitative estimate of drug-likeness (QED) is 0.563. The van der Waals surface area contributed by atoms with Crippen LogP contribution in [0.25, 0.3) is 0 Å².